The van der Waals surface area contributed by atoms with Gasteiger partial charge >= 0.3 is 5.97 Å². The van der Waals surface area contributed by atoms with Crippen molar-refractivity contribution in [1.82, 2.24) is 5.32 Å². The second kappa shape index (κ2) is 43.7. The van der Waals surface area contributed by atoms with E-state index in [1.165, 1.54) is 141 Å². The summed E-state index contributed by atoms with van der Waals surface area (Å²) < 4.78 is 16.6. The van der Waals surface area contributed by atoms with Gasteiger partial charge in [0.05, 0.1) is 32.0 Å². The Bertz CT molecular complexity index is 1120. The lowest BCUT2D eigenvalue weighted by atomic mass is 9.99. The first kappa shape index (κ1) is 60.2. The summed E-state index contributed by atoms with van der Waals surface area (Å²) in [4.78, 5) is 25.0. The van der Waals surface area contributed by atoms with Gasteiger partial charge in [0.15, 0.2) is 6.29 Å². The quantitative estimate of drug-likeness (QED) is 0.0196. The van der Waals surface area contributed by atoms with E-state index in [4.69, 9.17) is 14.2 Å². The van der Waals surface area contributed by atoms with Crippen LogP contribution in [0.4, 0.5) is 0 Å². The van der Waals surface area contributed by atoms with Crippen LogP contribution >= 0.6 is 0 Å². The minimum absolute atomic E-state index is 0.0475. The van der Waals surface area contributed by atoms with Gasteiger partial charge in [-0.2, -0.15) is 0 Å². The summed E-state index contributed by atoms with van der Waals surface area (Å²) in [6, 6.07) is -0.822. The molecule has 11 nitrogen and oxygen atoms in total. The molecule has 0 aliphatic carbocycles. The molecule has 0 spiro atoms. The Morgan fingerprint density at radius 1 is 0.562 bits per heavy atom. The minimum atomic E-state index is -1.58. The molecule has 376 valence electrons. The van der Waals surface area contributed by atoms with Crippen LogP contribution in [0, 0.1) is 0 Å². The van der Waals surface area contributed by atoms with Gasteiger partial charge < -0.3 is 45.1 Å². The lowest BCUT2D eigenvalue weighted by molar-refractivity contribution is -0.302. The van der Waals surface area contributed by atoms with Gasteiger partial charge in [-0.25, -0.2) is 0 Å². The highest BCUT2D eigenvalue weighted by Crippen LogP contribution is 2.23. The summed E-state index contributed by atoms with van der Waals surface area (Å²) >= 11 is 0. The van der Waals surface area contributed by atoms with Crippen LogP contribution in [0.3, 0.4) is 0 Å². The van der Waals surface area contributed by atoms with Crippen molar-refractivity contribution < 1.29 is 49.3 Å². The standard InChI is InChI=1S/C53H99NO10/c1-3-5-7-9-11-13-14-15-16-17-18-21-25-29-33-37-41-49(58)62-42-38-34-30-26-22-19-20-24-28-32-36-40-48(57)54-45(46(56)39-35-31-27-23-12-10-8-6-4-2)44-63-53-52(61)51(60)50(59)47(43-55)64-53/h16-17,35,39,45-47,50-53,55-56,59-61H,3-15,18-34,36-38,40-44H2,1-2H3,(H,54,57)/b17-16-,39-35+. The topological polar surface area (TPSA) is 175 Å². The Kier molecular flexibility index (Phi) is 41.1. The van der Waals surface area contributed by atoms with Crippen LogP contribution in [0.5, 0.6) is 0 Å². The Labute approximate surface area is 391 Å². The number of amides is 1. The van der Waals surface area contributed by atoms with E-state index >= 15 is 0 Å². The van der Waals surface area contributed by atoms with E-state index < -0.39 is 49.5 Å². The Balaban J connectivity index is 2.11. The summed E-state index contributed by atoms with van der Waals surface area (Å²) in [5.74, 6) is -0.251. The average molecular weight is 910 g/mol. The first-order chi connectivity index (χ1) is 31.2. The van der Waals surface area contributed by atoms with E-state index in [2.05, 4.69) is 31.3 Å². The van der Waals surface area contributed by atoms with Crippen molar-refractivity contribution in [2.24, 2.45) is 0 Å². The number of aliphatic hydroxyl groups is 5. The molecule has 0 aromatic rings. The van der Waals surface area contributed by atoms with Crippen molar-refractivity contribution in [1.29, 1.82) is 0 Å². The molecule has 1 amide bonds. The molecule has 0 bridgehead atoms. The SMILES string of the molecule is CCCCCCCCC/C=C\CCCCCCCC(=O)OCCCCCCCCCCCCCC(=O)NC(COC1OC(CO)C(O)C(O)C1O)C(O)/C=C/CCCCCCCCC. The zero-order valence-corrected chi connectivity index (χ0v) is 41.0. The summed E-state index contributed by atoms with van der Waals surface area (Å²) in [7, 11) is 0. The van der Waals surface area contributed by atoms with Crippen LogP contribution in [-0.4, -0.2) is 100 Å². The maximum atomic E-state index is 13.0. The van der Waals surface area contributed by atoms with Crippen molar-refractivity contribution in [3.8, 4) is 0 Å². The predicted octanol–water partition coefficient (Wildman–Crippen LogP) is 11.0. The summed E-state index contributed by atoms with van der Waals surface area (Å²) in [5, 5.41) is 54.1. The third kappa shape index (κ3) is 33.6. The molecule has 1 aliphatic heterocycles. The molecule has 64 heavy (non-hydrogen) atoms. The lowest BCUT2D eigenvalue weighted by Crippen LogP contribution is -2.60. The average Bonchev–Trinajstić information content (AvgIpc) is 3.29. The van der Waals surface area contributed by atoms with Gasteiger partial charge in [-0.3, -0.25) is 9.59 Å². The fraction of sp³-hybridized carbons (Fsp3) is 0.887. The van der Waals surface area contributed by atoms with Crippen LogP contribution < -0.4 is 5.32 Å². The number of rotatable bonds is 45. The third-order valence-corrected chi connectivity index (χ3v) is 12.6. The molecule has 1 fully saturated rings. The maximum Gasteiger partial charge on any atom is 0.305 e. The van der Waals surface area contributed by atoms with Crippen LogP contribution in [0.1, 0.15) is 239 Å². The zero-order valence-electron chi connectivity index (χ0n) is 41.0. The lowest BCUT2D eigenvalue weighted by Gasteiger charge is -2.40. The number of hydrogen-bond acceptors (Lipinski definition) is 10. The van der Waals surface area contributed by atoms with Gasteiger partial charge in [-0.05, 0) is 57.8 Å². The van der Waals surface area contributed by atoms with Crippen molar-refractivity contribution in [3.63, 3.8) is 0 Å². The molecule has 0 radical (unpaired) electrons. The number of unbranched alkanes of at least 4 members (excludes halogenated alkanes) is 29. The van der Waals surface area contributed by atoms with Gasteiger partial charge in [0.2, 0.25) is 5.91 Å². The van der Waals surface area contributed by atoms with E-state index in [0.29, 0.717) is 19.4 Å². The molecular weight excluding hydrogens is 811 g/mol. The second-order valence-corrected chi connectivity index (χ2v) is 18.6. The Morgan fingerprint density at radius 3 is 1.50 bits per heavy atom. The predicted molar refractivity (Wildman–Crippen MR) is 260 cm³/mol. The molecule has 7 atom stereocenters. The van der Waals surface area contributed by atoms with Gasteiger partial charge in [-0.1, -0.05) is 192 Å². The highest BCUT2D eigenvalue weighted by Gasteiger charge is 2.44. The van der Waals surface area contributed by atoms with Crippen molar-refractivity contribution in [2.75, 3.05) is 19.8 Å². The minimum Gasteiger partial charge on any atom is -0.466 e. The normalized spacial score (nSPS) is 20.0. The van der Waals surface area contributed by atoms with Crippen molar-refractivity contribution >= 4 is 11.9 Å². The molecule has 1 heterocycles. The van der Waals surface area contributed by atoms with E-state index in [-0.39, 0.29) is 18.5 Å². The van der Waals surface area contributed by atoms with Gasteiger partial charge in [-0.15, -0.1) is 0 Å². The number of allylic oxidation sites excluding steroid dienone is 3. The maximum absolute atomic E-state index is 13.0. The zero-order chi connectivity index (χ0) is 46.7. The monoisotopic (exact) mass is 910 g/mol. The molecule has 1 aliphatic rings. The van der Waals surface area contributed by atoms with Crippen LogP contribution in [-0.2, 0) is 23.8 Å². The van der Waals surface area contributed by atoms with E-state index in [9.17, 15) is 35.1 Å². The largest absolute Gasteiger partial charge is 0.466 e. The molecule has 7 unspecified atom stereocenters. The van der Waals surface area contributed by atoms with Crippen LogP contribution in [0.15, 0.2) is 24.3 Å². The van der Waals surface area contributed by atoms with Gasteiger partial charge in [0.1, 0.15) is 24.4 Å². The second-order valence-electron chi connectivity index (χ2n) is 18.6. The Hall–Kier alpha value is -1.86. The van der Waals surface area contributed by atoms with E-state index in [1.807, 2.05) is 6.08 Å². The number of carbonyl (C=O) groups excluding carboxylic acids is 2. The first-order valence-corrected chi connectivity index (χ1v) is 26.6. The third-order valence-electron chi connectivity index (χ3n) is 12.6. The Morgan fingerprint density at radius 2 is 1.00 bits per heavy atom. The van der Waals surface area contributed by atoms with E-state index in [1.54, 1.807) is 6.08 Å². The fourth-order valence-corrected chi connectivity index (χ4v) is 8.25. The number of hydrogen-bond donors (Lipinski definition) is 6. The number of ether oxygens (including phenoxy) is 3. The van der Waals surface area contributed by atoms with Crippen LogP contribution in [0.2, 0.25) is 0 Å². The first-order valence-electron chi connectivity index (χ1n) is 26.6. The van der Waals surface area contributed by atoms with Crippen LogP contribution in [0.25, 0.3) is 0 Å². The number of aliphatic hydroxyl groups excluding tert-OH is 5. The smallest absolute Gasteiger partial charge is 0.305 e. The van der Waals surface area contributed by atoms with E-state index in [0.717, 1.165) is 70.6 Å². The fourth-order valence-electron chi connectivity index (χ4n) is 8.25. The summed E-state index contributed by atoms with van der Waals surface area (Å²) in [6.45, 7) is 4.23. The molecule has 6 N–H and O–H groups in total. The highest BCUT2D eigenvalue weighted by molar-refractivity contribution is 5.76. The van der Waals surface area contributed by atoms with Crippen molar-refractivity contribution in [2.45, 2.75) is 281 Å². The van der Waals surface area contributed by atoms with Gasteiger partial charge in [0.25, 0.3) is 0 Å². The van der Waals surface area contributed by atoms with Gasteiger partial charge in [0, 0.05) is 12.8 Å². The highest BCUT2D eigenvalue weighted by atomic mass is 16.7. The molecule has 0 saturated carbocycles. The molecule has 1 rings (SSSR count). The number of nitrogens with one attached hydrogen (secondary N) is 1. The molecule has 11 heteroatoms. The number of carbonyl (C=O) groups is 2. The number of esters is 1. The molecule has 1 saturated heterocycles. The molecule has 0 aromatic carbocycles. The van der Waals surface area contributed by atoms with Crippen molar-refractivity contribution in [3.05, 3.63) is 24.3 Å². The summed E-state index contributed by atoms with van der Waals surface area (Å²) in [5.41, 5.74) is 0. The summed E-state index contributed by atoms with van der Waals surface area (Å²) in [6.07, 6.45) is 39.7. The molecule has 0 aromatic heterocycles. The molecular formula is C53H99NO10.